The van der Waals surface area contributed by atoms with E-state index in [1.165, 1.54) is 22.9 Å². The van der Waals surface area contributed by atoms with Gasteiger partial charge in [0.15, 0.2) is 0 Å². The summed E-state index contributed by atoms with van der Waals surface area (Å²) in [6.07, 6.45) is 2.67. The van der Waals surface area contributed by atoms with Crippen molar-refractivity contribution >= 4 is 35.3 Å². The predicted octanol–water partition coefficient (Wildman–Crippen LogP) is 5.14. The monoisotopic (exact) mass is 442 g/mol. The van der Waals surface area contributed by atoms with Crippen LogP contribution in [0.1, 0.15) is 22.3 Å². The van der Waals surface area contributed by atoms with Crippen molar-refractivity contribution in [2.75, 3.05) is 18.0 Å². The summed E-state index contributed by atoms with van der Waals surface area (Å²) in [7, 11) is 0. The summed E-state index contributed by atoms with van der Waals surface area (Å²) < 4.78 is 0. The van der Waals surface area contributed by atoms with E-state index < -0.39 is 0 Å². The number of para-hydroxylation sites is 1. The Morgan fingerprint density at radius 2 is 1.78 bits per heavy atom. The molecule has 1 aliphatic heterocycles. The minimum atomic E-state index is -0.164. The van der Waals surface area contributed by atoms with E-state index in [0.717, 1.165) is 28.1 Å². The van der Waals surface area contributed by atoms with Gasteiger partial charge in [0.1, 0.15) is 6.54 Å². The van der Waals surface area contributed by atoms with Gasteiger partial charge in [-0.25, -0.2) is 0 Å². The first-order valence-corrected chi connectivity index (χ1v) is 11.5. The lowest BCUT2D eigenvalue weighted by molar-refractivity contribution is -0.122. The molecule has 1 heterocycles. The molecule has 3 aromatic carbocycles. The molecule has 3 aromatic rings. The van der Waals surface area contributed by atoms with Crippen molar-refractivity contribution in [1.82, 2.24) is 5.32 Å². The Hall–Kier alpha value is -3.31. The van der Waals surface area contributed by atoms with E-state index in [1.807, 2.05) is 67.6 Å². The highest BCUT2D eigenvalue weighted by Gasteiger charge is 2.30. The Labute approximate surface area is 193 Å². The van der Waals surface area contributed by atoms with Gasteiger partial charge < -0.3 is 5.32 Å². The summed E-state index contributed by atoms with van der Waals surface area (Å²) in [6.45, 7) is 4.61. The molecule has 0 saturated carbocycles. The summed E-state index contributed by atoms with van der Waals surface area (Å²) in [5.41, 5.74) is 5.27. The number of thioether (sulfide) groups is 1. The number of hydrogen-bond acceptors (Lipinski definition) is 3. The van der Waals surface area contributed by atoms with Gasteiger partial charge in [0.25, 0.3) is 5.91 Å². The lowest BCUT2D eigenvalue weighted by Gasteiger charge is -2.30. The molecule has 0 aliphatic carbocycles. The molecule has 0 spiro atoms. The Morgan fingerprint density at radius 1 is 1.00 bits per heavy atom. The normalized spacial score (nSPS) is 14.4. The van der Waals surface area contributed by atoms with Crippen LogP contribution in [0.5, 0.6) is 0 Å². The van der Waals surface area contributed by atoms with Crippen LogP contribution in [0.2, 0.25) is 0 Å². The summed E-state index contributed by atoms with van der Waals surface area (Å²) in [6, 6.07) is 24.0. The second kappa shape index (κ2) is 9.88. The summed E-state index contributed by atoms with van der Waals surface area (Å²) in [5, 5.41) is 2.96. The molecule has 0 bridgehead atoms. The Kier molecular flexibility index (Phi) is 6.76. The lowest BCUT2D eigenvalue weighted by atomic mass is 10.1. The van der Waals surface area contributed by atoms with Crippen LogP contribution in [0, 0.1) is 13.8 Å². The number of nitrogens with zero attached hydrogens (tertiary/aromatic N) is 1. The van der Waals surface area contributed by atoms with E-state index >= 15 is 0 Å². The molecule has 0 unspecified atom stereocenters. The van der Waals surface area contributed by atoms with Gasteiger partial charge in [-0.15, -0.1) is 0 Å². The molecule has 0 saturated heterocycles. The van der Waals surface area contributed by atoms with Crippen LogP contribution >= 0.6 is 11.8 Å². The quantitative estimate of drug-likeness (QED) is 0.538. The molecular formula is C27H26N2O2S. The number of benzene rings is 3. The minimum absolute atomic E-state index is 0.00463. The Bertz CT molecular complexity index is 1190. The van der Waals surface area contributed by atoms with Crippen molar-refractivity contribution in [1.29, 1.82) is 0 Å². The number of rotatable bonds is 6. The van der Waals surface area contributed by atoms with Crippen molar-refractivity contribution in [2.24, 2.45) is 0 Å². The van der Waals surface area contributed by atoms with E-state index in [-0.39, 0.29) is 18.4 Å². The topological polar surface area (TPSA) is 49.4 Å². The van der Waals surface area contributed by atoms with Crippen LogP contribution < -0.4 is 10.2 Å². The molecule has 0 radical (unpaired) electrons. The highest BCUT2D eigenvalue weighted by atomic mass is 32.2. The van der Waals surface area contributed by atoms with Crippen LogP contribution in [0.3, 0.4) is 0 Å². The first-order valence-electron chi connectivity index (χ1n) is 10.7. The third-order valence-electron chi connectivity index (χ3n) is 5.43. The predicted molar refractivity (Wildman–Crippen MR) is 132 cm³/mol. The summed E-state index contributed by atoms with van der Waals surface area (Å²) in [4.78, 5) is 29.2. The van der Waals surface area contributed by atoms with Gasteiger partial charge in [0.2, 0.25) is 5.91 Å². The molecule has 0 fully saturated rings. The molecule has 2 amide bonds. The number of nitrogens with one attached hydrogen (secondary N) is 1. The maximum Gasteiger partial charge on any atom is 0.265 e. The van der Waals surface area contributed by atoms with Crippen molar-refractivity contribution in [3.8, 4) is 0 Å². The van der Waals surface area contributed by atoms with Gasteiger partial charge in [0.05, 0.1) is 10.6 Å². The maximum atomic E-state index is 13.3. The van der Waals surface area contributed by atoms with E-state index in [0.29, 0.717) is 11.4 Å². The van der Waals surface area contributed by atoms with E-state index in [9.17, 15) is 9.59 Å². The number of amides is 2. The van der Waals surface area contributed by atoms with Crippen LogP contribution in [0.25, 0.3) is 6.08 Å². The number of aryl methyl sites for hydroxylation is 2. The smallest absolute Gasteiger partial charge is 0.265 e. The summed E-state index contributed by atoms with van der Waals surface area (Å²) in [5.74, 6) is -0.311. The van der Waals surface area contributed by atoms with Gasteiger partial charge in [-0.05, 0) is 55.2 Å². The number of fused-ring (bicyclic) bond motifs is 1. The average molecular weight is 443 g/mol. The molecule has 5 heteroatoms. The SMILES string of the molecule is Cc1cccc(CCNC(=O)CN2C(=O)/C(=C/c3ccccc3C)Sc3ccccc32)c1. The first kappa shape index (κ1) is 21.9. The van der Waals surface area contributed by atoms with Gasteiger partial charge in [-0.3, -0.25) is 14.5 Å². The molecule has 0 aromatic heterocycles. The number of carbonyl (C=O) groups is 2. The zero-order chi connectivity index (χ0) is 22.5. The highest BCUT2D eigenvalue weighted by Crippen LogP contribution is 2.42. The zero-order valence-corrected chi connectivity index (χ0v) is 19.1. The van der Waals surface area contributed by atoms with Crippen molar-refractivity contribution in [3.05, 3.63) is 100.0 Å². The molecular weight excluding hydrogens is 416 g/mol. The zero-order valence-electron chi connectivity index (χ0n) is 18.3. The molecule has 0 atom stereocenters. The molecule has 32 heavy (non-hydrogen) atoms. The van der Waals surface area contributed by atoms with Crippen LogP contribution in [-0.4, -0.2) is 24.9 Å². The van der Waals surface area contributed by atoms with E-state index in [4.69, 9.17) is 0 Å². The van der Waals surface area contributed by atoms with Crippen LogP contribution in [0.15, 0.2) is 82.6 Å². The fraction of sp³-hybridized carbons (Fsp3) is 0.185. The second-order valence-electron chi connectivity index (χ2n) is 7.92. The van der Waals surface area contributed by atoms with Crippen molar-refractivity contribution in [2.45, 2.75) is 25.2 Å². The van der Waals surface area contributed by atoms with E-state index in [2.05, 4.69) is 30.4 Å². The fourth-order valence-electron chi connectivity index (χ4n) is 3.72. The lowest BCUT2D eigenvalue weighted by Crippen LogP contribution is -2.43. The largest absolute Gasteiger partial charge is 0.354 e. The molecule has 1 aliphatic rings. The van der Waals surface area contributed by atoms with Crippen LogP contribution in [0.4, 0.5) is 5.69 Å². The average Bonchev–Trinajstić information content (AvgIpc) is 2.78. The molecule has 4 rings (SSSR count). The molecule has 1 N–H and O–H groups in total. The Balaban J connectivity index is 1.49. The number of anilines is 1. The summed E-state index contributed by atoms with van der Waals surface area (Å²) >= 11 is 1.45. The van der Waals surface area contributed by atoms with Crippen LogP contribution in [-0.2, 0) is 16.0 Å². The number of carbonyl (C=O) groups excluding carboxylic acids is 2. The number of hydrogen-bond donors (Lipinski definition) is 1. The standard InChI is InChI=1S/C27H26N2O2S/c1-19-8-7-10-21(16-19)14-15-28-26(30)18-29-23-12-5-6-13-24(23)32-25(27(29)31)17-22-11-4-3-9-20(22)2/h3-13,16-17H,14-15,18H2,1-2H3,(H,28,30)/b25-17-. The van der Waals surface area contributed by atoms with Gasteiger partial charge in [0, 0.05) is 11.4 Å². The maximum absolute atomic E-state index is 13.3. The van der Waals surface area contributed by atoms with E-state index in [1.54, 1.807) is 4.90 Å². The van der Waals surface area contributed by atoms with Gasteiger partial charge >= 0.3 is 0 Å². The molecule has 4 nitrogen and oxygen atoms in total. The fourth-order valence-corrected chi connectivity index (χ4v) is 4.77. The Morgan fingerprint density at radius 3 is 2.59 bits per heavy atom. The highest BCUT2D eigenvalue weighted by molar-refractivity contribution is 8.04. The molecule has 162 valence electrons. The third-order valence-corrected chi connectivity index (χ3v) is 6.50. The second-order valence-corrected chi connectivity index (χ2v) is 9.00. The van der Waals surface area contributed by atoms with Gasteiger partial charge in [-0.1, -0.05) is 78.0 Å². The van der Waals surface area contributed by atoms with Gasteiger partial charge in [-0.2, -0.15) is 0 Å². The minimum Gasteiger partial charge on any atom is -0.354 e. The van der Waals surface area contributed by atoms with Crippen molar-refractivity contribution < 1.29 is 9.59 Å². The first-order chi connectivity index (χ1) is 15.5. The third kappa shape index (κ3) is 5.11. The van der Waals surface area contributed by atoms with Crippen molar-refractivity contribution in [3.63, 3.8) is 0 Å².